The van der Waals surface area contributed by atoms with Crippen molar-refractivity contribution in [2.75, 3.05) is 42.7 Å². The van der Waals surface area contributed by atoms with Gasteiger partial charge in [-0.1, -0.05) is 0 Å². The SMILES string of the molecule is Nc1ccc(-n2cccn2)c(N2CCOCC2)c1.Nc1ccc(C(F)(F)F)c(-n2nccn2)c1. The predicted octanol–water partition coefficient (Wildman–Crippen LogP) is 3.16. The Kier molecular flexibility index (Phi) is 6.68. The van der Waals surface area contributed by atoms with Crippen LogP contribution in [0.25, 0.3) is 11.4 Å². The van der Waals surface area contributed by atoms with Crippen molar-refractivity contribution in [3.8, 4) is 11.4 Å². The molecule has 0 radical (unpaired) electrons. The number of nitrogens with zero attached hydrogens (tertiary/aromatic N) is 6. The predicted molar refractivity (Wildman–Crippen MR) is 122 cm³/mol. The number of halogens is 3. The van der Waals surface area contributed by atoms with E-state index >= 15 is 0 Å². The van der Waals surface area contributed by atoms with E-state index in [0.717, 1.165) is 54.2 Å². The van der Waals surface area contributed by atoms with Crippen LogP contribution in [0.15, 0.2) is 67.3 Å². The Balaban J connectivity index is 0.000000162. The van der Waals surface area contributed by atoms with Crippen LogP contribution >= 0.6 is 0 Å². The number of nitrogen functional groups attached to an aromatic ring is 2. The number of rotatable bonds is 3. The summed E-state index contributed by atoms with van der Waals surface area (Å²) >= 11 is 0. The zero-order valence-corrected chi connectivity index (χ0v) is 18.1. The molecule has 0 amide bonds. The maximum Gasteiger partial charge on any atom is 0.418 e. The molecule has 12 heteroatoms. The van der Waals surface area contributed by atoms with Crippen LogP contribution in [0.3, 0.4) is 0 Å². The van der Waals surface area contributed by atoms with Crippen molar-refractivity contribution in [3.63, 3.8) is 0 Å². The van der Waals surface area contributed by atoms with Crippen molar-refractivity contribution in [1.29, 1.82) is 0 Å². The molecule has 178 valence electrons. The summed E-state index contributed by atoms with van der Waals surface area (Å²) in [6.07, 6.45) is 1.85. The molecule has 0 spiro atoms. The highest BCUT2D eigenvalue weighted by atomic mass is 19.4. The van der Waals surface area contributed by atoms with Crippen LogP contribution in [0.4, 0.5) is 30.2 Å². The van der Waals surface area contributed by atoms with Crippen molar-refractivity contribution in [2.45, 2.75) is 6.18 Å². The first kappa shape index (κ1) is 23.1. The first-order valence-electron chi connectivity index (χ1n) is 10.4. The van der Waals surface area contributed by atoms with Gasteiger partial charge in [0.1, 0.15) is 0 Å². The van der Waals surface area contributed by atoms with E-state index < -0.39 is 11.7 Å². The Morgan fingerprint density at radius 1 is 0.794 bits per heavy atom. The molecule has 1 aliphatic heterocycles. The lowest BCUT2D eigenvalue weighted by Gasteiger charge is -2.30. The van der Waals surface area contributed by atoms with E-state index in [1.165, 1.54) is 24.5 Å². The first-order chi connectivity index (χ1) is 16.3. The topological polar surface area (TPSA) is 113 Å². The van der Waals surface area contributed by atoms with Crippen LogP contribution in [-0.4, -0.2) is 51.1 Å². The van der Waals surface area contributed by atoms with Gasteiger partial charge in [-0.3, -0.25) is 0 Å². The van der Waals surface area contributed by atoms with Crippen LogP contribution in [-0.2, 0) is 10.9 Å². The van der Waals surface area contributed by atoms with E-state index in [1.54, 1.807) is 6.20 Å². The first-order valence-corrected chi connectivity index (χ1v) is 10.4. The van der Waals surface area contributed by atoms with Crippen LogP contribution in [0.5, 0.6) is 0 Å². The molecule has 1 aliphatic rings. The number of anilines is 3. The Morgan fingerprint density at radius 3 is 2.06 bits per heavy atom. The average Bonchev–Trinajstić information content (AvgIpc) is 3.54. The van der Waals surface area contributed by atoms with E-state index in [4.69, 9.17) is 16.2 Å². The quantitative estimate of drug-likeness (QED) is 0.441. The Morgan fingerprint density at radius 2 is 1.44 bits per heavy atom. The van der Waals surface area contributed by atoms with E-state index in [9.17, 15) is 13.2 Å². The number of hydrogen-bond donors (Lipinski definition) is 2. The molecule has 5 rings (SSSR count). The summed E-state index contributed by atoms with van der Waals surface area (Å²) in [7, 11) is 0. The molecular weight excluding hydrogens is 449 g/mol. The highest BCUT2D eigenvalue weighted by Crippen LogP contribution is 2.34. The Labute approximate surface area is 193 Å². The molecule has 4 N–H and O–H groups in total. The molecule has 3 heterocycles. The maximum absolute atomic E-state index is 12.7. The van der Waals surface area contributed by atoms with E-state index in [-0.39, 0.29) is 11.4 Å². The second kappa shape index (κ2) is 9.83. The molecule has 2 aromatic carbocycles. The Hall–Kier alpha value is -4.06. The molecular formula is C22H23F3N8O. The van der Waals surface area contributed by atoms with Gasteiger partial charge < -0.3 is 21.1 Å². The monoisotopic (exact) mass is 472 g/mol. The molecule has 0 atom stereocenters. The number of aromatic nitrogens is 5. The lowest BCUT2D eigenvalue weighted by atomic mass is 10.1. The standard InChI is InChI=1S/C13H16N4O.C9H7F3N4/c14-11-2-3-12(17-5-1-4-15-17)13(10-11)16-6-8-18-9-7-16;10-9(11,12)7-2-1-6(13)5-8(7)16-14-3-4-15-16/h1-5,10H,6-9,14H2;1-5H,13H2. The number of benzene rings is 2. The third-order valence-corrected chi connectivity index (χ3v) is 5.06. The molecule has 0 saturated carbocycles. The number of hydrogen-bond acceptors (Lipinski definition) is 7. The van der Waals surface area contributed by atoms with Gasteiger partial charge in [0.05, 0.1) is 48.2 Å². The Bertz CT molecular complexity index is 1200. The fourth-order valence-corrected chi connectivity index (χ4v) is 3.50. The zero-order valence-electron chi connectivity index (χ0n) is 18.1. The fourth-order valence-electron chi connectivity index (χ4n) is 3.50. The van der Waals surface area contributed by atoms with E-state index in [1.807, 2.05) is 35.1 Å². The van der Waals surface area contributed by atoms with Crippen LogP contribution in [0, 0.1) is 0 Å². The minimum absolute atomic E-state index is 0.183. The van der Waals surface area contributed by atoms with E-state index in [0.29, 0.717) is 0 Å². The van der Waals surface area contributed by atoms with Crippen LogP contribution in [0.2, 0.25) is 0 Å². The van der Waals surface area contributed by atoms with Crippen LogP contribution in [0.1, 0.15) is 5.56 Å². The summed E-state index contributed by atoms with van der Waals surface area (Å²) in [5.74, 6) is 0. The number of alkyl halides is 3. The molecule has 0 aliphatic carbocycles. The summed E-state index contributed by atoms with van der Waals surface area (Å²) in [6, 6.07) is 11.1. The third-order valence-electron chi connectivity index (χ3n) is 5.06. The summed E-state index contributed by atoms with van der Waals surface area (Å²) in [5, 5.41) is 11.6. The lowest BCUT2D eigenvalue weighted by molar-refractivity contribution is -0.137. The summed E-state index contributed by atoms with van der Waals surface area (Å²) in [4.78, 5) is 3.18. The molecule has 4 aromatic rings. The minimum Gasteiger partial charge on any atom is -0.399 e. The van der Waals surface area contributed by atoms with Gasteiger partial charge in [-0.15, -0.1) is 0 Å². The van der Waals surface area contributed by atoms with Gasteiger partial charge in [0.2, 0.25) is 0 Å². The molecule has 0 unspecified atom stereocenters. The second-order valence-electron chi connectivity index (χ2n) is 7.39. The van der Waals surface area contributed by atoms with Gasteiger partial charge in [-0.2, -0.15) is 33.3 Å². The molecule has 0 bridgehead atoms. The van der Waals surface area contributed by atoms with Gasteiger partial charge in [-0.05, 0) is 42.5 Å². The van der Waals surface area contributed by atoms with Crippen LogP contribution < -0.4 is 16.4 Å². The molecule has 34 heavy (non-hydrogen) atoms. The summed E-state index contributed by atoms with van der Waals surface area (Å²) in [5.41, 5.74) is 13.5. The van der Waals surface area contributed by atoms with Crippen molar-refractivity contribution < 1.29 is 17.9 Å². The fraction of sp³-hybridized carbons (Fsp3) is 0.227. The average molecular weight is 472 g/mol. The largest absolute Gasteiger partial charge is 0.418 e. The number of ether oxygens (including phenoxy) is 1. The van der Waals surface area contributed by atoms with Gasteiger partial charge in [-0.25, -0.2) is 4.68 Å². The third kappa shape index (κ3) is 5.29. The maximum atomic E-state index is 12.7. The molecule has 1 fully saturated rings. The number of morpholine rings is 1. The minimum atomic E-state index is -4.46. The van der Waals surface area contributed by atoms with Crippen molar-refractivity contribution in [3.05, 3.63) is 72.8 Å². The normalized spacial score (nSPS) is 13.9. The van der Waals surface area contributed by atoms with E-state index in [2.05, 4.69) is 20.2 Å². The highest BCUT2D eigenvalue weighted by molar-refractivity contribution is 5.68. The zero-order chi connectivity index (χ0) is 24.1. The molecule has 2 aromatic heterocycles. The van der Waals surface area contributed by atoms with Crippen molar-refractivity contribution >= 4 is 17.1 Å². The van der Waals surface area contributed by atoms with Crippen molar-refractivity contribution in [1.82, 2.24) is 24.8 Å². The molecule has 9 nitrogen and oxygen atoms in total. The summed E-state index contributed by atoms with van der Waals surface area (Å²) in [6.45, 7) is 3.29. The highest BCUT2D eigenvalue weighted by Gasteiger charge is 2.34. The lowest BCUT2D eigenvalue weighted by Crippen LogP contribution is -2.36. The van der Waals surface area contributed by atoms with Gasteiger partial charge in [0.25, 0.3) is 0 Å². The van der Waals surface area contributed by atoms with Gasteiger partial charge in [0.15, 0.2) is 0 Å². The summed E-state index contributed by atoms with van der Waals surface area (Å²) < 4.78 is 45.2. The second-order valence-corrected chi connectivity index (χ2v) is 7.39. The van der Waals surface area contributed by atoms with Gasteiger partial charge >= 0.3 is 6.18 Å². The molecule has 1 saturated heterocycles. The van der Waals surface area contributed by atoms with Gasteiger partial charge in [0, 0.05) is 36.9 Å². The van der Waals surface area contributed by atoms with Crippen molar-refractivity contribution in [2.24, 2.45) is 0 Å². The smallest absolute Gasteiger partial charge is 0.399 e. The number of nitrogens with two attached hydrogens (primary N) is 2.